The largest absolute Gasteiger partial charge is 0.506 e. The highest BCUT2D eigenvalue weighted by molar-refractivity contribution is 6.09. The summed E-state index contributed by atoms with van der Waals surface area (Å²) in [5, 5.41) is 18.2. The lowest BCUT2D eigenvalue weighted by Crippen LogP contribution is -2.32. The highest BCUT2D eigenvalue weighted by Gasteiger charge is 2.19. The van der Waals surface area contributed by atoms with Crippen molar-refractivity contribution in [2.75, 3.05) is 11.1 Å². The molecule has 4 rings (SSSR count). The Morgan fingerprint density at radius 2 is 1.72 bits per heavy atom. The number of para-hydroxylation sites is 1. The summed E-state index contributed by atoms with van der Waals surface area (Å²) in [5.41, 5.74) is 9.88. The number of benzene rings is 4. The number of hydrogen-bond acceptors (Lipinski definition) is 6. The summed E-state index contributed by atoms with van der Waals surface area (Å²) in [5.74, 6) is -0.165. The number of rotatable bonds is 8. The molecule has 0 heterocycles. The molecule has 8 nitrogen and oxygen atoms in total. The first-order valence-electron chi connectivity index (χ1n) is 11.4. The number of hydrogen-bond donors (Lipinski definition) is 4. The monoisotopic (exact) mass is 482 g/mol. The number of nitrogens with two attached hydrogens (primary N) is 1. The number of phenols is 1. The van der Waals surface area contributed by atoms with Crippen LogP contribution in [0.4, 0.5) is 11.4 Å². The molecule has 0 saturated heterocycles. The molecule has 1 unspecified atom stereocenters. The summed E-state index contributed by atoms with van der Waals surface area (Å²) in [7, 11) is 0. The number of nitrogens with zero attached hydrogens (tertiary/aromatic N) is 1. The minimum absolute atomic E-state index is 0.0920. The Kier molecular flexibility index (Phi) is 7.45. The van der Waals surface area contributed by atoms with E-state index >= 15 is 0 Å². The van der Waals surface area contributed by atoms with Crippen LogP contribution in [0, 0.1) is 0 Å². The number of carbonyl (C=O) groups excluding carboxylic acids is 2. The van der Waals surface area contributed by atoms with E-state index in [9.17, 15) is 14.7 Å². The van der Waals surface area contributed by atoms with Crippen LogP contribution in [-0.2, 0) is 4.79 Å². The highest BCUT2D eigenvalue weighted by Crippen LogP contribution is 2.27. The van der Waals surface area contributed by atoms with Crippen molar-refractivity contribution in [3.63, 3.8) is 0 Å². The lowest BCUT2D eigenvalue weighted by molar-refractivity contribution is -0.122. The molecule has 0 aromatic heterocycles. The number of nitrogen functional groups attached to an aromatic ring is 1. The Morgan fingerprint density at radius 1 is 1.00 bits per heavy atom. The molecule has 8 heteroatoms. The summed E-state index contributed by atoms with van der Waals surface area (Å²) in [6, 6.07) is 24.6. The zero-order chi connectivity index (χ0) is 25.5. The summed E-state index contributed by atoms with van der Waals surface area (Å²) in [6.07, 6.45) is 1.40. The van der Waals surface area contributed by atoms with Crippen molar-refractivity contribution >= 4 is 40.2 Å². The standard InChI is InChI=1S/C28H26N4O4/c1-2-26(36-20-8-4-3-5-9-20)28(35)31-24-14-12-19(21-10-6-7-11-22(21)24)17-30-32-27(34)18-13-15-25(33)23(29)16-18/h3-17,26,33H,2,29H2,1H3,(H,31,35)(H,32,34)/b30-17+. The molecule has 5 N–H and O–H groups in total. The molecule has 0 aliphatic heterocycles. The normalized spacial score (nSPS) is 11.8. The molecule has 0 bridgehead atoms. The first kappa shape index (κ1) is 24.3. The predicted molar refractivity (Wildman–Crippen MR) is 141 cm³/mol. The van der Waals surface area contributed by atoms with Gasteiger partial charge in [0.1, 0.15) is 11.5 Å². The third-order valence-corrected chi connectivity index (χ3v) is 5.56. The van der Waals surface area contributed by atoms with Crippen LogP contribution in [0.1, 0.15) is 29.3 Å². The average Bonchev–Trinajstić information content (AvgIpc) is 2.90. The van der Waals surface area contributed by atoms with E-state index in [-0.39, 0.29) is 22.9 Å². The van der Waals surface area contributed by atoms with Gasteiger partial charge in [-0.2, -0.15) is 5.10 Å². The lowest BCUT2D eigenvalue weighted by atomic mass is 10.0. The quantitative estimate of drug-likeness (QED) is 0.125. The number of amides is 2. The van der Waals surface area contributed by atoms with Gasteiger partial charge in [0.15, 0.2) is 6.10 Å². The van der Waals surface area contributed by atoms with Gasteiger partial charge in [-0.1, -0.05) is 55.5 Å². The van der Waals surface area contributed by atoms with Crippen LogP contribution in [0.25, 0.3) is 10.8 Å². The van der Waals surface area contributed by atoms with E-state index in [0.29, 0.717) is 17.9 Å². The molecule has 182 valence electrons. The number of ether oxygens (including phenoxy) is 1. The summed E-state index contributed by atoms with van der Waals surface area (Å²) >= 11 is 0. The van der Waals surface area contributed by atoms with Crippen LogP contribution in [0.5, 0.6) is 11.5 Å². The van der Waals surface area contributed by atoms with E-state index in [1.807, 2.05) is 67.6 Å². The first-order chi connectivity index (χ1) is 17.5. The van der Waals surface area contributed by atoms with Crippen molar-refractivity contribution in [1.82, 2.24) is 5.43 Å². The number of anilines is 2. The average molecular weight is 483 g/mol. The van der Waals surface area contributed by atoms with Crippen molar-refractivity contribution in [2.45, 2.75) is 19.4 Å². The molecule has 36 heavy (non-hydrogen) atoms. The third kappa shape index (κ3) is 5.61. The minimum atomic E-state index is -0.642. The van der Waals surface area contributed by atoms with Gasteiger partial charge in [-0.25, -0.2) is 5.43 Å². The summed E-state index contributed by atoms with van der Waals surface area (Å²) in [6.45, 7) is 1.89. The van der Waals surface area contributed by atoms with Crippen molar-refractivity contribution in [2.24, 2.45) is 5.10 Å². The molecule has 1 atom stereocenters. The van der Waals surface area contributed by atoms with Crippen molar-refractivity contribution in [3.8, 4) is 11.5 Å². The maximum Gasteiger partial charge on any atom is 0.271 e. The van der Waals surface area contributed by atoms with Gasteiger partial charge in [-0.05, 0) is 48.2 Å². The lowest BCUT2D eigenvalue weighted by Gasteiger charge is -2.18. The molecular weight excluding hydrogens is 456 g/mol. The second-order valence-corrected chi connectivity index (χ2v) is 8.04. The van der Waals surface area contributed by atoms with Crippen molar-refractivity contribution < 1.29 is 19.4 Å². The molecule has 0 fully saturated rings. The number of fused-ring (bicyclic) bond motifs is 1. The van der Waals surface area contributed by atoms with Gasteiger partial charge in [0, 0.05) is 22.2 Å². The maximum atomic E-state index is 13.0. The van der Waals surface area contributed by atoms with Gasteiger partial charge in [0.05, 0.1) is 11.9 Å². The molecule has 0 aliphatic rings. The van der Waals surface area contributed by atoms with E-state index in [1.54, 1.807) is 6.07 Å². The van der Waals surface area contributed by atoms with Gasteiger partial charge in [0.25, 0.3) is 11.8 Å². The molecule has 0 spiro atoms. The van der Waals surface area contributed by atoms with Crippen molar-refractivity contribution in [1.29, 1.82) is 0 Å². The maximum absolute atomic E-state index is 13.0. The van der Waals surface area contributed by atoms with Gasteiger partial charge < -0.3 is 20.9 Å². The number of carbonyl (C=O) groups is 2. The number of phenolic OH excluding ortho intramolecular Hbond substituents is 1. The Morgan fingerprint density at radius 3 is 2.44 bits per heavy atom. The second kappa shape index (κ2) is 11.1. The van der Waals surface area contributed by atoms with Crippen LogP contribution in [0.3, 0.4) is 0 Å². The van der Waals surface area contributed by atoms with Gasteiger partial charge >= 0.3 is 0 Å². The first-order valence-corrected chi connectivity index (χ1v) is 11.4. The predicted octanol–water partition coefficient (Wildman–Crippen LogP) is 4.69. The molecule has 0 saturated carbocycles. The Bertz CT molecular complexity index is 1420. The van der Waals surface area contributed by atoms with Crippen LogP contribution in [0.2, 0.25) is 0 Å². The van der Waals surface area contributed by atoms with Crippen LogP contribution < -0.4 is 21.2 Å². The van der Waals surface area contributed by atoms with Crippen LogP contribution >= 0.6 is 0 Å². The minimum Gasteiger partial charge on any atom is -0.506 e. The highest BCUT2D eigenvalue weighted by atomic mass is 16.5. The molecule has 0 aliphatic carbocycles. The third-order valence-electron chi connectivity index (χ3n) is 5.56. The second-order valence-electron chi connectivity index (χ2n) is 8.04. The van der Waals surface area contributed by atoms with Gasteiger partial charge in [-0.15, -0.1) is 0 Å². The van der Waals surface area contributed by atoms with E-state index in [0.717, 1.165) is 16.3 Å². The Balaban J connectivity index is 1.50. The SMILES string of the molecule is CCC(Oc1ccccc1)C(=O)Nc1ccc(/C=N/NC(=O)c2ccc(O)c(N)c2)c2ccccc12. The Labute approximate surface area is 208 Å². The smallest absolute Gasteiger partial charge is 0.271 e. The molecule has 4 aromatic carbocycles. The number of aromatic hydroxyl groups is 1. The van der Waals surface area contributed by atoms with E-state index < -0.39 is 12.0 Å². The van der Waals surface area contributed by atoms with E-state index in [2.05, 4.69) is 15.8 Å². The zero-order valence-electron chi connectivity index (χ0n) is 19.6. The number of hydrazone groups is 1. The zero-order valence-corrected chi connectivity index (χ0v) is 19.6. The fourth-order valence-corrected chi connectivity index (χ4v) is 3.66. The summed E-state index contributed by atoms with van der Waals surface area (Å²) in [4.78, 5) is 25.3. The Hall–Kier alpha value is -4.85. The fraction of sp³-hybridized carbons (Fsp3) is 0.107. The van der Waals surface area contributed by atoms with Crippen LogP contribution in [0.15, 0.2) is 90.0 Å². The topological polar surface area (TPSA) is 126 Å². The van der Waals surface area contributed by atoms with Gasteiger partial charge in [0.2, 0.25) is 0 Å². The van der Waals surface area contributed by atoms with E-state index in [1.165, 1.54) is 24.4 Å². The molecular formula is C28H26N4O4. The van der Waals surface area contributed by atoms with Crippen molar-refractivity contribution in [3.05, 3.63) is 96.1 Å². The number of nitrogens with one attached hydrogen (secondary N) is 2. The molecule has 2 amide bonds. The summed E-state index contributed by atoms with van der Waals surface area (Å²) < 4.78 is 5.86. The molecule has 4 aromatic rings. The van der Waals surface area contributed by atoms with Crippen LogP contribution in [-0.4, -0.2) is 29.2 Å². The van der Waals surface area contributed by atoms with E-state index in [4.69, 9.17) is 10.5 Å². The van der Waals surface area contributed by atoms with Gasteiger partial charge in [-0.3, -0.25) is 9.59 Å². The molecule has 0 radical (unpaired) electrons. The fourth-order valence-electron chi connectivity index (χ4n) is 3.66.